The van der Waals surface area contributed by atoms with Crippen LogP contribution in [0.25, 0.3) is 10.8 Å². The van der Waals surface area contributed by atoms with E-state index in [1.165, 1.54) is 0 Å². The minimum absolute atomic E-state index is 0.104. The lowest BCUT2D eigenvalue weighted by atomic mass is 9.88. The number of esters is 1. The van der Waals surface area contributed by atoms with Crippen molar-refractivity contribution in [3.63, 3.8) is 0 Å². The second-order valence-electron chi connectivity index (χ2n) is 7.15. The van der Waals surface area contributed by atoms with Crippen LogP contribution in [0.2, 0.25) is 0 Å². The van der Waals surface area contributed by atoms with E-state index in [9.17, 15) is 14.4 Å². The summed E-state index contributed by atoms with van der Waals surface area (Å²) in [6, 6.07) is 21.3. The summed E-state index contributed by atoms with van der Waals surface area (Å²) < 4.78 is 5.27. The number of carbonyl (C=O) groups excluding carboxylic acids is 3. The van der Waals surface area contributed by atoms with Gasteiger partial charge in [-0.15, -0.1) is 0 Å². The number of ether oxygens (including phenoxy) is 1. The van der Waals surface area contributed by atoms with Crippen LogP contribution in [0, 0.1) is 0 Å². The molecule has 2 amide bonds. The fourth-order valence-electron chi connectivity index (χ4n) is 3.98. The van der Waals surface area contributed by atoms with Gasteiger partial charge in [0, 0.05) is 17.9 Å². The fourth-order valence-corrected chi connectivity index (χ4v) is 3.98. The van der Waals surface area contributed by atoms with Crippen LogP contribution in [0.15, 0.2) is 72.8 Å². The standard InChI is InChI=1S/C24H22N2O4/c1-2-30-24(29)22-20(19-14-8-12-16-9-6-7-13-18(16)19)15-21(27)26(22)25-23(28)17-10-4-3-5-11-17/h3-14,20,22H,2,15H2,1H3,(H,25,28)/t20-,22+/m0/s1. The summed E-state index contributed by atoms with van der Waals surface area (Å²) in [4.78, 5) is 38.4. The van der Waals surface area contributed by atoms with Gasteiger partial charge in [-0.2, -0.15) is 0 Å². The molecule has 0 saturated carbocycles. The number of amides is 2. The first kappa shape index (κ1) is 19.6. The third kappa shape index (κ3) is 3.64. The maximum Gasteiger partial charge on any atom is 0.331 e. The Kier molecular flexibility index (Phi) is 5.48. The molecule has 2 atom stereocenters. The van der Waals surface area contributed by atoms with Gasteiger partial charge in [-0.05, 0) is 35.4 Å². The minimum atomic E-state index is -0.934. The van der Waals surface area contributed by atoms with Crippen molar-refractivity contribution in [1.82, 2.24) is 10.4 Å². The number of hydrogen-bond donors (Lipinski definition) is 1. The Morgan fingerprint density at radius 3 is 2.47 bits per heavy atom. The van der Waals surface area contributed by atoms with E-state index in [1.807, 2.05) is 42.5 Å². The number of benzene rings is 3. The highest BCUT2D eigenvalue weighted by Gasteiger charge is 2.47. The van der Waals surface area contributed by atoms with Crippen LogP contribution in [0.1, 0.15) is 35.2 Å². The SMILES string of the molecule is CCOC(=O)[C@H]1[C@H](c2cccc3ccccc23)CC(=O)N1NC(=O)c1ccccc1. The number of fused-ring (bicyclic) bond motifs is 1. The monoisotopic (exact) mass is 402 g/mol. The number of nitrogens with one attached hydrogen (secondary N) is 1. The van der Waals surface area contributed by atoms with Crippen LogP contribution in [0.4, 0.5) is 0 Å². The van der Waals surface area contributed by atoms with Crippen LogP contribution in [-0.2, 0) is 14.3 Å². The van der Waals surface area contributed by atoms with Gasteiger partial charge in [-0.25, -0.2) is 9.80 Å². The Bertz CT molecular complexity index is 1090. The third-order valence-corrected chi connectivity index (χ3v) is 5.33. The van der Waals surface area contributed by atoms with Crippen molar-refractivity contribution < 1.29 is 19.1 Å². The molecule has 1 aliphatic heterocycles. The fraction of sp³-hybridized carbons (Fsp3) is 0.208. The molecular formula is C24H22N2O4. The number of rotatable bonds is 5. The molecule has 1 heterocycles. The van der Waals surface area contributed by atoms with Crippen molar-refractivity contribution in [2.24, 2.45) is 0 Å². The Morgan fingerprint density at radius 2 is 1.70 bits per heavy atom. The highest BCUT2D eigenvalue weighted by Crippen LogP contribution is 2.37. The molecule has 6 heteroatoms. The first-order valence-electron chi connectivity index (χ1n) is 9.92. The molecule has 1 aliphatic rings. The molecule has 152 valence electrons. The van der Waals surface area contributed by atoms with Gasteiger partial charge in [0.15, 0.2) is 6.04 Å². The van der Waals surface area contributed by atoms with E-state index < -0.39 is 23.8 Å². The van der Waals surface area contributed by atoms with Crippen LogP contribution in [0.5, 0.6) is 0 Å². The molecule has 0 spiro atoms. The van der Waals surface area contributed by atoms with E-state index >= 15 is 0 Å². The Balaban J connectivity index is 1.71. The van der Waals surface area contributed by atoms with Crippen LogP contribution in [-0.4, -0.2) is 35.4 Å². The lowest BCUT2D eigenvalue weighted by Crippen LogP contribution is -2.52. The zero-order chi connectivity index (χ0) is 21.1. The zero-order valence-electron chi connectivity index (χ0n) is 16.6. The molecule has 0 aromatic heterocycles. The lowest BCUT2D eigenvalue weighted by Gasteiger charge is -2.27. The van der Waals surface area contributed by atoms with Crippen LogP contribution < -0.4 is 5.43 Å². The first-order valence-corrected chi connectivity index (χ1v) is 9.92. The van der Waals surface area contributed by atoms with Crippen molar-refractivity contribution in [2.75, 3.05) is 6.61 Å². The van der Waals surface area contributed by atoms with E-state index in [2.05, 4.69) is 5.43 Å². The summed E-state index contributed by atoms with van der Waals surface area (Å²) in [5, 5.41) is 3.14. The van der Waals surface area contributed by atoms with Crippen molar-refractivity contribution in [1.29, 1.82) is 0 Å². The number of carbonyl (C=O) groups is 3. The Labute approximate surface area is 174 Å². The van der Waals surface area contributed by atoms with Gasteiger partial charge in [0.25, 0.3) is 5.91 Å². The molecule has 1 saturated heterocycles. The molecule has 0 unspecified atom stereocenters. The molecule has 1 fully saturated rings. The number of hydrogen-bond acceptors (Lipinski definition) is 4. The summed E-state index contributed by atoms with van der Waals surface area (Å²) in [6.45, 7) is 1.90. The summed E-state index contributed by atoms with van der Waals surface area (Å²) in [5.41, 5.74) is 3.92. The predicted molar refractivity (Wildman–Crippen MR) is 112 cm³/mol. The highest BCUT2D eigenvalue weighted by molar-refractivity contribution is 5.98. The van der Waals surface area contributed by atoms with E-state index in [0.717, 1.165) is 21.3 Å². The lowest BCUT2D eigenvalue weighted by molar-refractivity contribution is -0.153. The largest absolute Gasteiger partial charge is 0.464 e. The number of hydrazine groups is 1. The van der Waals surface area contributed by atoms with Crippen molar-refractivity contribution in [3.8, 4) is 0 Å². The topological polar surface area (TPSA) is 75.7 Å². The van der Waals surface area contributed by atoms with E-state index in [-0.39, 0.29) is 18.9 Å². The molecular weight excluding hydrogens is 380 g/mol. The Hall–Kier alpha value is -3.67. The molecule has 0 bridgehead atoms. The maximum absolute atomic E-state index is 12.9. The minimum Gasteiger partial charge on any atom is -0.464 e. The van der Waals surface area contributed by atoms with Crippen molar-refractivity contribution in [2.45, 2.75) is 25.3 Å². The molecule has 0 radical (unpaired) electrons. The number of nitrogens with zero attached hydrogens (tertiary/aromatic N) is 1. The Morgan fingerprint density at radius 1 is 1.00 bits per heavy atom. The van der Waals surface area contributed by atoms with Gasteiger partial charge >= 0.3 is 5.97 Å². The van der Waals surface area contributed by atoms with Gasteiger partial charge in [-0.3, -0.25) is 15.0 Å². The second kappa shape index (κ2) is 8.37. The van der Waals surface area contributed by atoms with E-state index in [1.54, 1.807) is 37.3 Å². The van der Waals surface area contributed by atoms with E-state index in [4.69, 9.17) is 4.74 Å². The average Bonchev–Trinajstić information content (AvgIpc) is 3.10. The van der Waals surface area contributed by atoms with Gasteiger partial charge in [-0.1, -0.05) is 60.7 Å². The predicted octanol–water partition coefficient (Wildman–Crippen LogP) is 3.43. The molecule has 4 rings (SSSR count). The third-order valence-electron chi connectivity index (χ3n) is 5.33. The summed E-state index contributed by atoms with van der Waals surface area (Å²) in [7, 11) is 0. The molecule has 30 heavy (non-hydrogen) atoms. The molecule has 1 N–H and O–H groups in total. The molecule has 3 aromatic rings. The van der Waals surface area contributed by atoms with Crippen molar-refractivity contribution >= 4 is 28.6 Å². The zero-order valence-corrected chi connectivity index (χ0v) is 16.6. The summed E-state index contributed by atoms with van der Waals surface area (Å²) in [6.07, 6.45) is 0.104. The average molecular weight is 402 g/mol. The second-order valence-corrected chi connectivity index (χ2v) is 7.15. The molecule has 0 aliphatic carbocycles. The van der Waals surface area contributed by atoms with Crippen molar-refractivity contribution in [3.05, 3.63) is 83.9 Å². The summed E-state index contributed by atoms with van der Waals surface area (Å²) >= 11 is 0. The molecule has 6 nitrogen and oxygen atoms in total. The van der Waals surface area contributed by atoms with Gasteiger partial charge in [0.05, 0.1) is 6.61 Å². The maximum atomic E-state index is 12.9. The normalized spacial score (nSPS) is 18.4. The van der Waals surface area contributed by atoms with Gasteiger partial charge < -0.3 is 4.74 Å². The van der Waals surface area contributed by atoms with Crippen LogP contribution >= 0.6 is 0 Å². The molecule has 3 aromatic carbocycles. The van der Waals surface area contributed by atoms with Gasteiger partial charge in [0.2, 0.25) is 5.91 Å². The quantitative estimate of drug-likeness (QED) is 0.664. The van der Waals surface area contributed by atoms with Gasteiger partial charge in [0.1, 0.15) is 0 Å². The first-order chi connectivity index (χ1) is 14.6. The van der Waals surface area contributed by atoms with E-state index in [0.29, 0.717) is 5.56 Å². The van der Waals surface area contributed by atoms with Crippen LogP contribution in [0.3, 0.4) is 0 Å². The smallest absolute Gasteiger partial charge is 0.331 e. The summed E-state index contributed by atoms with van der Waals surface area (Å²) in [5.74, 6) is -1.74. The highest BCUT2D eigenvalue weighted by atomic mass is 16.5.